The van der Waals surface area contributed by atoms with E-state index in [4.69, 9.17) is 25.3 Å². The zero-order valence-electron chi connectivity index (χ0n) is 30.7. The van der Waals surface area contributed by atoms with Crippen LogP contribution >= 0.6 is 73.3 Å². The molecule has 55 heavy (non-hydrogen) atoms. The van der Waals surface area contributed by atoms with Gasteiger partial charge in [0.1, 0.15) is 0 Å². The normalized spacial score (nSPS) is 6.65. The topological polar surface area (TPSA) is 175 Å². The Hall–Kier alpha value is 1.47. The monoisotopic (exact) mass is 1190 g/mol. The molecular formula is C24H48MoN6O6S18. The van der Waals surface area contributed by atoms with Crippen molar-refractivity contribution in [1.82, 2.24) is 31.9 Å². The van der Waals surface area contributed by atoms with Crippen molar-refractivity contribution in [3.05, 3.63) is 0 Å². The molecule has 0 fully saturated rings. The van der Waals surface area contributed by atoms with E-state index in [9.17, 15) is 0 Å². The number of nitrogens with one attached hydrogen (secondary N) is 6. The van der Waals surface area contributed by atoms with E-state index in [0.717, 1.165) is 77.8 Å². The van der Waals surface area contributed by atoms with Crippen LogP contribution in [-0.4, -0.2) is 90.4 Å². The Balaban J connectivity index is -0.0000000330. The van der Waals surface area contributed by atoms with Gasteiger partial charge < -0.3 is 181 Å². The van der Waals surface area contributed by atoms with Crippen molar-refractivity contribution in [1.29, 1.82) is 0 Å². The molecule has 0 aliphatic carbocycles. The molecule has 0 atom stereocenters. The van der Waals surface area contributed by atoms with Gasteiger partial charge in [-0.05, 0) is 38.5 Å². The maximum Gasteiger partial charge on any atom is 6.00 e. The van der Waals surface area contributed by atoms with E-state index in [2.05, 4.69) is 298 Å². The van der Waals surface area contributed by atoms with E-state index < -0.39 is 0 Å². The first-order chi connectivity index (χ1) is 25.6. The first kappa shape index (κ1) is 91.9. The number of thiocarbonyl (C=S) groups is 6. The Labute approximate surface area is 442 Å². The van der Waals surface area contributed by atoms with Crippen molar-refractivity contribution in [2.45, 2.75) is 80.1 Å². The van der Waals surface area contributed by atoms with Gasteiger partial charge in [-0.3, -0.25) is 0 Å². The fourth-order valence-electron chi connectivity index (χ4n) is 1.36. The minimum Gasteiger partial charge on any atom is -0.412 e. The van der Waals surface area contributed by atoms with Gasteiger partial charge in [0.2, 0.25) is 0 Å². The fraction of sp³-hybridized carbons (Fsp3) is 0.750. The number of rotatable bonds is 12. The molecule has 0 aliphatic heterocycles. The average Bonchev–Trinajstić information content (AvgIpc) is 3.18. The minimum atomic E-state index is 0. The Morgan fingerprint density at radius 2 is 0.364 bits per heavy atom. The molecule has 0 saturated heterocycles. The molecular weight excluding hydrogens is 1140 g/mol. The van der Waals surface area contributed by atoms with Crippen LogP contribution in [0.2, 0.25) is 0 Å². The predicted molar refractivity (Wildman–Crippen MR) is 278 cm³/mol. The smallest absolute Gasteiger partial charge is 0.412 e. The molecule has 0 amide bonds. The van der Waals surface area contributed by atoms with Gasteiger partial charge in [0, 0.05) is 39.3 Å². The second kappa shape index (κ2) is 117. The summed E-state index contributed by atoms with van der Waals surface area (Å²) in [6.07, 6.45) is 6.48. The third kappa shape index (κ3) is 244. The molecule has 324 valence electrons. The Bertz CT molecular complexity index is 632. The maximum atomic E-state index is 7.83. The zero-order valence-corrected chi connectivity index (χ0v) is 47.4. The van der Waals surface area contributed by atoms with E-state index in [-0.39, 0.29) is 21.1 Å². The van der Waals surface area contributed by atoms with Crippen LogP contribution in [0.4, 0.5) is 0 Å². The molecule has 0 aromatic rings. The van der Waals surface area contributed by atoms with Crippen molar-refractivity contribution in [2.24, 2.45) is 0 Å². The molecule has 0 heterocycles. The first-order valence-electron chi connectivity index (χ1n) is 14.3. The summed E-state index contributed by atoms with van der Waals surface area (Å²) in [6.45, 7) is 17.9. The molecule has 0 aromatic heterocycles. The van der Waals surface area contributed by atoms with Gasteiger partial charge in [-0.2, -0.15) is 25.3 Å². The minimum absolute atomic E-state index is 0. The van der Waals surface area contributed by atoms with Crippen molar-refractivity contribution in [2.75, 3.05) is 39.3 Å². The van der Waals surface area contributed by atoms with E-state index in [1.165, 1.54) is 0 Å². The summed E-state index contributed by atoms with van der Waals surface area (Å²) in [4.78, 5) is 0. The van der Waals surface area contributed by atoms with E-state index in [1.807, 2.05) is 0 Å². The number of hydrogen-bond acceptors (Lipinski definition) is 24. The van der Waals surface area contributed by atoms with Crippen LogP contribution in [0.5, 0.6) is 0 Å². The molecule has 31 heteroatoms. The van der Waals surface area contributed by atoms with Gasteiger partial charge in [-0.15, -0.1) is 0 Å². The standard InChI is InChI=1S/6C4H9NS2.Mo.6OS/c6*1-2-3-5-4(6)7;;6*1-2/h6*2-3H2,1H3,(H2,5,6,7);;;;;;;/q;;;;;;+6;;;;;;/p-6. The van der Waals surface area contributed by atoms with Gasteiger partial charge in [-0.1, -0.05) is 67.5 Å². The fourth-order valence-corrected chi connectivity index (χ4v) is 2.59. The number of hydrogen-bond donors (Lipinski definition) is 6. The Morgan fingerprint density at radius 1 is 0.291 bits per heavy atom. The summed E-state index contributed by atoms with van der Waals surface area (Å²) in [5.74, 6) is 0. The van der Waals surface area contributed by atoms with Gasteiger partial charge in [-0.25, -0.2) is 0 Å². The second-order valence-corrected chi connectivity index (χ2v) is 13.7. The third-order valence-electron chi connectivity index (χ3n) is 3.12. The molecule has 12 nitrogen and oxygen atoms in total. The SMILES string of the molecule is CCCNC(=S)[S-].CCCNC(=S)[S-].CCCNC(=S)[S-].CCCNC(=S)[S-].CCCNC(=S)[S-].CCCNC(=S)[S-].O=S.O=S.O=S.O=S.O=S.O=S.[Mo+6]. The summed E-state index contributed by atoms with van der Waals surface area (Å²) in [7, 11) is 0. The van der Waals surface area contributed by atoms with Gasteiger partial charge >= 0.3 is 21.1 Å². The van der Waals surface area contributed by atoms with E-state index >= 15 is 0 Å². The molecule has 0 saturated carbocycles. The first-order valence-corrected chi connectivity index (χ1v) is 21.2. The molecule has 0 aliphatic rings. The van der Waals surface area contributed by atoms with Crippen LogP contribution in [0.1, 0.15) is 80.1 Å². The summed E-state index contributed by atoms with van der Waals surface area (Å²) in [6, 6.07) is 0. The predicted octanol–water partition coefficient (Wildman–Crippen LogP) is 2.89. The summed E-state index contributed by atoms with van der Waals surface area (Å²) in [5, 5.41) is 17.0. The Morgan fingerprint density at radius 3 is 0.382 bits per heavy atom. The van der Waals surface area contributed by atoms with Crippen molar-refractivity contribution in [3.63, 3.8) is 0 Å². The summed E-state index contributed by atoms with van der Waals surface area (Å²) >= 11 is 71.8. The molecule has 0 radical (unpaired) electrons. The maximum absolute atomic E-state index is 7.83. The molecule has 0 unspecified atom stereocenters. The van der Waals surface area contributed by atoms with Gasteiger partial charge in [0.05, 0.1) is 0 Å². The van der Waals surface area contributed by atoms with Crippen LogP contribution in [-0.2, 0) is 172 Å². The summed E-state index contributed by atoms with van der Waals surface area (Å²) < 4.78 is 49.8. The third-order valence-corrected chi connectivity index (χ3v) is 4.85. The van der Waals surface area contributed by atoms with Crippen LogP contribution in [0.15, 0.2) is 0 Å². The van der Waals surface area contributed by atoms with Crippen LogP contribution < -0.4 is 31.9 Å². The van der Waals surface area contributed by atoms with Crippen molar-refractivity contribution < 1.29 is 46.3 Å². The molecule has 0 aromatic carbocycles. The Kier molecular flexibility index (Phi) is 196. The molecule has 0 bridgehead atoms. The molecule has 0 spiro atoms. The molecule has 6 N–H and O–H groups in total. The zero-order chi connectivity index (χ0) is 46.2. The van der Waals surface area contributed by atoms with Crippen LogP contribution in [0.3, 0.4) is 0 Å². The average molecular weight is 1190 g/mol. The van der Waals surface area contributed by atoms with Gasteiger partial charge in [0.15, 0.2) is 75.2 Å². The van der Waals surface area contributed by atoms with Crippen molar-refractivity contribution in [3.8, 4) is 0 Å². The summed E-state index contributed by atoms with van der Waals surface area (Å²) in [5.41, 5.74) is 0. The van der Waals surface area contributed by atoms with Crippen LogP contribution in [0, 0.1) is 0 Å². The molecule has 0 rings (SSSR count). The van der Waals surface area contributed by atoms with Crippen molar-refractivity contribution >= 4 is 250 Å². The van der Waals surface area contributed by atoms with E-state index in [1.54, 1.807) is 0 Å². The van der Waals surface area contributed by atoms with Crippen LogP contribution in [0.25, 0.3) is 0 Å². The van der Waals surface area contributed by atoms with Gasteiger partial charge in [0.25, 0.3) is 0 Å². The van der Waals surface area contributed by atoms with E-state index in [0.29, 0.717) is 25.9 Å². The second-order valence-electron chi connectivity index (χ2n) is 7.29. The quantitative estimate of drug-likeness (QED) is 0.0956. The largest absolute Gasteiger partial charge is 6.00 e.